The molecule has 0 aliphatic heterocycles. The summed E-state index contributed by atoms with van der Waals surface area (Å²) in [5, 5.41) is 13.8. The minimum Gasteiger partial charge on any atom is -0.354 e. The number of hydrogen-bond acceptors (Lipinski definition) is 3. The van der Waals surface area contributed by atoms with Gasteiger partial charge in [-0.05, 0) is 43.4 Å². The van der Waals surface area contributed by atoms with E-state index >= 15 is 0 Å². The summed E-state index contributed by atoms with van der Waals surface area (Å²) in [5.74, 6) is 0.788. The van der Waals surface area contributed by atoms with E-state index in [4.69, 9.17) is 0 Å². The predicted molar refractivity (Wildman–Crippen MR) is 116 cm³/mol. The van der Waals surface area contributed by atoms with Crippen LogP contribution < -0.4 is 10.6 Å². The third-order valence-corrected chi connectivity index (χ3v) is 5.05. The number of nitrogens with zero attached hydrogens (tertiary/aromatic N) is 4. The van der Waals surface area contributed by atoms with Crippen LogP contribution in [0.4, 0.5) is 0 Å². The van der Waals surface area contributed by atoms with Crippen molar-refractivity contribution in [1.82, 2.24) is 25.3 Å². The number of aromatic nitrogens is 2. The molecule has 0 aliphatic carbocycles. The summed E-state index contributed by atoms with van der Waals surface area (Å²) in [6.07, 6.45) is 3.97. The standard InChI is InChI=1S/C22H30N6/c1-16(18-11-10-17-8-6-7-9-19(17)12-18)26-22(23-2)24-14-21(27(3)4)20-13-25-28(5)15-20/h6-13,15-16,21H,14H2,1-5H3,(H2,23,24,26). The van der Waals surface area contributed by atoms with Crippen LogP contribution in [0.1, 0.15) is 30.1 Å². The second-order valence-corrected chi connectivity index (χ2v) is 7.35. The van der Waals surface area contributed by atoms with E-state index in [2.05, 4.69) is 95.3 Å². The van der Waals surface area contributed by atoms with Gasteiger partial charge in [0, 0.05) is 32.4 Å². The Morgan fingerprint density at radius 3 is 2.54 bits per heavy atom. The topological polar surface area (TPSA) is 57.5 Å². The molecular formula is C22H30N6. The fourth-order valence-electron chi connectivity index (χ4n) is 3.36. The van der Waals surface area contributed by atoms with Crippen molar-refractivity contribution < 1.29 is 0 Å². The van der Waals surface area contributed by atoms with E-state index in [-0.39, 0.29) is 12.1 Å². The molecule has 0 radical (unpaired) electrons. The number of likely N-dealkylation sites (N-methyl/N-ethyl adjacent to an activating group) is 1. The van der Waals surface area contributed by atoms with Crippen LogP contribution in [0.25, 0.3) is 10.8 Å². The number of rotatable bonds is 6. The van der Waals surface area contributed by atoms with E-state index in [1.54, 1.807) is 7.05 Å². The zero-order valence-electron chi connectivity index (χ0n) is 17.3. The van der Waals surface area contributed by atoms with Gasteiger partial charge in [-0.25, -0.2) is 0 Å². The first-order chi connectivity index (χ1) is 13.5. The lowest BCUT2D eigenvalue weighted by Crippen LogP contribution is -2.42. The summed E-state index contributed by atoms with van der Waals surface area (Å²) in [6.45, 7) is 2.89. The highest BCUT2D eigenvalue weighted by molar-refractivity contribution is 5.84. The van der Waals surface area contributed by atoms with Gasteiger partial charge < -0.3 is 15.5 Å². The largest absolute Gasteiger partial charge is 0.354 e. The highest BCUT2D eigenvalue weighted by atomic mass is 15.3. The molecule has 2 unspecified atom stereocenters. The van der Waals surface area contributed by atoms with Gasteiger partial charge in [0.2, 0.25) is 0 Å². The molecule has 28 heavy (non-hydrogen) atoms. The van der Waals surface area contributed by atoms with Crippen LogP contribution in [0.15, 0.2) is 59.9 Å². The Morgan fingerprint density at radius 1 is 1.14 bits per heavy atom. The average molecular weight is 379 g/mol. The van der Waals surface area contributed by atoms with Crippen molar-refractivity contribution in [3.05, 3.63) is 66.0 Å². The van der Waals surface area contributed by atoms with Crippen LogP contribution in [0, 0.1) is 0 Å². The molecule has 0 spiro atoms. The van der Waals surface area contributed by atoms with Gasteiger partial charge >= 0.3 is 0 Å². The molecule has 1 aromatic heterocycles. The minimum atomic E-state index is 0.145. The van der Waals surface area contributed by atoms with Crippen LogP contribution >= 0.6 is 0 Å². The maximum Gasteiger partial charge on any atom is 0.191 e. The molecule has 0 fully saturated rings. The second kappa shape index (κ2) is 8.89. The monoisotopic (exact) mass is 378 g/mol. The molecular weight excluding hydrogens is 348 g/mol. The first-order valence-corrected chi connectivity index (χ1v) is 9.58. The van der Waals surface area contributed by atoms with Gasteiger partial charge in [0.1, 0.15) is 0 Å². The maximum atomic E-state index is 4.40. The third kappa shape index (κ3) is 4.70. The van der Waals surface area contributed by atoms with Crippen molar-refractivity contribution in [3.8, 4) is 0 Å². The summed E-state index contributed by atoms with van der Waals surface area (Å²) in [5.41, 5.74) is 2.41. The second-order valence-electron chi connectivity index (χ2n) is 7.35. The molecule has 6 heteroatoms. The summed E-state index contributed by atoms with van der Waals surface area (Å²) in [7, 11) is 7.90. The first kappa shape index (κ1) is 19.9. The minimum absolute atomic E-state index is 0.145. The third-order valence-electron chi connectivity index (χ3n) is 5.05. The Labute approximate surface area is 167 Å². The van der Waals surface area contributed by atoms with Crippen molar-refractivity contribution >= 4 is 16.7 Å². The molecule has 3 rings (SSSR count). The van der Waals surface area contributed by atoms with E-state index in [9.17, 15) is 0 Å². The van der Waals surface area contributed by atoms with Crippen LogP contribution in [0.5, 0.6) is 0 Å². The van der Waals surface area contributed by atoms with Crippen LogP contribution in [-0.4, -0.2) is 48.3 Å². The van der Waals surface area contributed by atoms with Crippen molar-refractivity contribution in [1.29, 1.82) is 0 Å². The van der Waals surface area contributed by atoms with Gasteiger partial charge in [0.05, 0.1) is 18.3 Å². The van der Waals surface area contributed by atoms with Crippen molar-refractivity contribution in [2.75, 3.05) is 27.7 Å². The number of hydrogen-bond donors (Lipinski definition) is 2. The van der Waals surface area contributed by atoms with Crippen LogP contribution in [0.3, 0.4) is 0 Å². The van der Waals surface area contributed by atoms with E-state index in [0.717, 1.165) is 12.5 Å². The number of benzene rings is 2. The molecule has 0 amide bonds. The van der Waals surface area contributed by atoms with Gasteiger partial charge in [-0.1, -0.05) is 36.4 Å². The normalized spacial score (nSPS) is 14.3. The number of fused-ring (bicyclic) bond motifs is 1. The van der Waals surface area contributed by atoms with Crippen LogP contribution in [0.2, 0.25) is 0 Å². The van der Waals surface area contributed by atoms with Crippen LogP contribution in [-0.2, 0) is 7.05 Å². The number of aryl methyl sites for hydroxylation is 1. The number of guanidine groups is 1. The summed E-state index contributed by atoms with van der Waals surface area (Å²) < 4.78 is 1.83. The smallest absolute Gasteiger partial charge is 0.191 e. The number of aliphatic imine (C=N–C) groups is 1. The SMILES string of the molecule is CN=C(NCC(c1cnn(C)c1)N(C)C)NC(C)c1ccc2ccccc2c1. The Kier molecular flexibility index (Phi) is 6.31. The molecule has 0 saturated heterocycles. The fraction of sp³-hybridized carbons (Fsp3) is 0.364. The number of nitrogens with one attached hydrogen (secondary N) is 2. The molecule has 148 valence electrons. The van der Waals surface area contributed by atoms with Crippen molar-refractivity contribution in [2.24, 2.45) is 12.0 Å². The molecule has 2 atom stereocenters. The molecule has 0 bridgehead atoms. The van der Waals surface area contributed by atoms with E-state index in [1.807, 2.05) is 17.9 Å². The average Bonchev–Trinajstić information content (AvgIpc) is 3.12. The van der Waals surface area contributed by atoms with E-state index in [0.29, 0.717) is 0 Å². The Bertz CT molecular complexity index is 943. The summed E-state index contributed by atoms with van der Waals surface area (Å²) >= 11 is 0. The molecule has 6 nitrogen and oxygen atoms in total. The maximum absolute atomic E-state index is 4.40. The fourth-order valence-corrected chi connectivity index (χ4v) is 3.36. The van der Waals surface area contributed by atoms with Crippen molar-refractivity contribution in [2.45, 2.75) is 19.0 Å². The molecule has 0 aliphatic rings. The first-order valence-electron chi connectivity index (χ1n) is 9.58. The lowest BCUT2D eigenvalue weighted by atomic mass is 10.0. The Balaban J connectivity index is 1.65. The Morgan fingerprint density at radius 2 is 1.89 bits per heavy atom. The molecule has 0 saturated carbocycles. The predicted octanol–water partition coefficient (Wildman–Crippen LogP) is 3.10. The lowest BCUT2D eigenvalue weighted by Gasteiger charge is -2.25. The van der Waals surface area contributed by atoms with Gasteiger partial charge in [0.15, 0.2) is 5.96 Å². The van der Waals surface area contributed by atoms with E-state index in [1.165, 1.54) is 21.9 Å². The van der Waals surface area contributed by atoms with E-state index < -0.39 is 0 Å². The van der Waals surface area contributed by atoms with Gasteiger partial charge in [-0.2, -0.15) is 5.10 Å². The molecule has 2 N–H and O–H groups in total. The summed E-state index contributed by atoms with van der Waals surface area (Å²) in [6, 6.07) is 15.4. The Hall–Kier alpha value is -2.86. The zero-order chi connectivity index (χ0) is 20.1. The highest BCUT2D eigenvalue weighted by Crippen LogP contribution is 2.20. The molecule has 2 aromatic carbocycles. The highest BCUT2D eigenvalue weighted by Gasteiger charge is 2.17. The molecule has 3 aromatic rings. The lowest BCUT2D eigenvalue weighted by molar-refractivity contribution is 0.298. The molecule has 1 heterocycles. The van der Waals surface area contributed by atoms with Crippen molar-refractivity contribution in [3.63, 3.8) is 0 Å². The summed E-state index contributed by atoms with van der Waals surface area (Å²) in [4.78, 5) is 6.59. The quantitative estimate of drug-likeness (QED) is 0.511. The zero-order valence-corrected chi connectivity index (χ0v) is 17.3. The van der Waals surface area contributed by atoms with Gasteiger partial charge in [0.25, 0.3) is 0 Å². The van der Waals surface area contributed by atoms with Gasteiger partial charge in [-0.3, -0.25) is 9.67 Å². The van der Waals surface area contributed by atoms with Gasteiger partial charge in [-0.15, -0.1) is 0 Å².